The highest BCUT2D eigenvalue weighted by Gasteiger charge is 2.16. The van der Waals surface area contributed by atoms with Crippen molar-refractivity contribution in [3.63, 3.8) is 0 Å². The summed E-state index contributed by atoms with van der Waals surface area (Å²) in [6, 6.07) is 6.72. The van der Waals surface area contributed by atoms with E-state index in [1.54, 1.807) is 6.07 Å². The third-order valence-electron chi connectivity index (χ3n) is 2.86. The molecule has 19 heavy (non-hydrogen) atoms. The topological polar surface area (TPSA) is 57.5 Å². The van der Waals surface area contributed by atoms with Crippen LogP contribution in [0.4, 0.5) is 8.78 Å². The molecule has 0 aliphatic carbocycles. The molecule has 0 radical (unpaired) electrons. The van der Waals surface area contributed by atoms with E-state index in [1.807, 2.05) is 0 Å². The van der Waals surface area contributed by atoms with Crippen molar-refractivity contribution in [3.05, 3.63) is 53.1 Å². The second kappa shape index (κ2) is 4.68. The highest BCUT2D eigenvalue weighted by molar-refractivity contribution is 5.89. The first-order valence-electron chi connectivity index (χ1n) is 5.43. The fourth-order valence-electron chi connectivity index (χ4n) is 1.82. The fraction of sp³-hybridized carbons (Fsp3) is 0.0714. The van der Waals surface area contributed by atoms with Gasteiger partial charge in [0.05, 0.1) is 5.56 Å². The number of hydrogen-bond donors (Lipinski definition) is 2. The fourth-order valence-corrected chi connectivity index (χ4v) is 1.82. The average molecular weight is 264 g/mol. The SMILES string of the molecule is Cc1c(-c2cccc(C(=O)O)c2)cc(F)c(O)c1F. The van der Waals surface area contributed by atoms with Crippen LogP contribution < -0.4 is 0 Å². The largest absolute Gasteiger partial charge is 0.503 e. The number of halogens is 2. The van der Waals surface area contributed by atoms with Gasteiger partial charge in [-0.15, -0.1) is 0 Å². The van der Waals surface area contributed by atoms with Crippen LogP contribution in [0.3, 0.4) is 0 Å². The van der Waals surface area contributed by atoms with Crippen LogP contribution in [0.5, 0.6) is 5.75 Å². The third kappa shape index (κ3) is 2.27. The van der Waals surface area contributed by atoms with Crippen molar-refractivity contribution in [1.29, 1.82) is 0 Å². The van der Waals surface area contributed by atoms with Gasteiger partial charge < -0.3 is 10.2 Å². The van der Waals surface area contributed by atoms with E-state index in [0.29, 0.717) is 5.56 Å². The number of rotatable bonds is 2. The Morgan fingerprint density at radius 2 is 1.89 bits per heavy atom. The zero-order valence-electron chi connectivity index (χ0n) is 9.95. The number of aromatic hydroxyl groups is 1. The van der Waals surface area contributed by atoms with Crippen LogP contribution in [-0.2, 0) is 0 Å². The Kier molecular flexibility index (Phi) is 3.21. The lowest BCUT2D eigenvalue weighted by atomic mass is 9.98. The quantitative estimate of drug-likeness (QED) is 0.874. The molecule has 2 aromatic carbocycles. The maximum absolute atomic E-state index is 13.6. The highest BCUT2D eigenvalue weighted by atomic mass is 19.1. The molecule has 3 nitrogen and oxygen atoms in total. The van der Waals surface area contributed by atoms with Gasteiger partial charge >= 0.3 is 5.97 Å². The van der Waals surface area contributed by atoms with Crippen molar-refractivity contribution < 1.29 is 23.8 Å². The Bertz CT molecular complexity index is 666. The molecular formula is C14H10F2O3. The molecule has 0 amide bonds. The van der Waals surface area contributed by atoms with E-state index in [-0.39, 0.29) is 16.7 Å². The van der Waals surface area contributed by atoms with E-state index in [0.717, 1.165) is 6.07 Å². The Balaban J connectivity index is 2.66. The molecule has 0 heterocycles. The summed E-state index contributed by atoms with van der Waals surface area (Å²) < 4.78 is 26.9. The first-order chi connectivity index (χ1) is 8.91. The molecule has 0 fully saturated rings. The summed E-state index contributed by atoms with van der Waals surface area (Å²) in [5.74, 6) is -4.29. The van der Waals surface area contributed by atoms with Gasteiger partial charge in [0.25, 0.3) is 0 Å². The third-order valence-corrected chi connectivity index (χ3v) is 2.86. The van der Waals surface area contributed by atoms with Crippen LogP contribution in [0.2, 0.25) is 0 Å². The minimum Gasteiger partial charge on any atom is -0.503 e. The number of aromatic carboxylic acids is 1. The molecule has 2 aromatic rings. The summed E-state index contributed by atoms with van der Waals surface area (Å²) in [7, 11) is 0. The lowest BCUT2D eigenvalue weighted by molar-refractivity contribution is 0.0697. The lowest BCUT2D eigenvalue weighted by Gasteiger charge is -2.10. The summed E-state index contributed by atoms with van der Waals surface area (Å²) in [6.45, 7) is 1.39. The van der Waals surface area contributed by atoms with Gasteiger partial charge in [-0.05, 0) is 41.8 Å². The predicted molar refractivity (Wildman–Crippen MR) is 65.2 cm³/mol. The molecule has 0 unspecified atom stereocenters. The molecular weight excluding hydrogens is 254 g/mol. The van der Waals surface area contributed by atoms with Gasteiger partial charge in [0.1, 0.15) is 0 Å². The molecule has 0 bridgehead atoms. The standard InChI is InChI=1S/C14H10F2O3/c1-7-10(6-11(15)13(17)12(7)16)8-3-2-4-9(5-8)14(18)19/h2-6,17H,1H3,(H,18,19). The van der Waals surface area contributed by atoms with Crippen LogP contribution in [0, 0.1) is 18.6 Å². The summed E-state index contributed by atoms with van der Waals surface area (Å²) in [4.78, 5) is 10.9. The van der Waals surface area contributed by atoms with E-state index in [4.69, 9.17) is 10.2 Å². The summed E-state index contributed by atoms with van der Waals surface area (Å²) >= 11 is 0. The number of phenols is 1. The van der Waals surface area contributed by atoms with Gasteiger partial charge in [0, 0.05) is 0 Å². The number of carboxylic acid groups (broad SMARTS) is 1. The lowest BCUT2D eigenvalue weighted by Crippen LogP contribution is -1.97. The second-order valence-corrected chi connectivity index (χ2v) is 4.08. The Labute approximate surface area is 107 Å². The van der Waals surface area contributed by atoms with E-state index in [2.05, 4.69) is 0 Å². The molecule has 0 spiro atoms. The van der Waals surface area contributed by atoms with Crippen LogP contribution in [0.15, 0.2) is 30.3 Å². The van der Waals surface area contributed by atoms with Crippen LogP contribution in [0.25, 0.3) is 11.1 Å². The van der Waals surface area contributed by atoms with Gasteiger partial charge in [-0.3, -0.25) is 0 Å². The number of benzene rings is 2. The minimum absolute atomic E-state index is 0.0193. The Morgan fingerprint density at radius 1 is 1.21 bits per heavy atom. The van der Waals surface area contributed by atoms with Gasteiger partial charge in [-0.25, -0.2) is 13.6 Å². The molecule has 5 heteroatoms. The van der Waals surface area contributed by atoms with Gasteiger partial charge in [0.15, 0.2) is 17.4 Å². The number of carboxylic acids is 1. The second-order valence-electron chi connectivity index (χ2n) is 4.08. The van der Waals surface area contributed by atoms with E-state index >= 15 is 0 Å². The summed E-state index contributed by atoms with van der Waals surface area (Å²) in [5.41, 5.74) is 0.651. The maximum Gasteiger partial charge on any atom is 0.335 e. The minimum atomic E-state index is -1.13. The molecule has 0 atom stereocenters. The van der Waals surface area contributed by atoms with Crippen LogP contribution in [-0.4, -0.2) is 16.2 Å². The zero-order valence-corrected chi connectivity index (χ0v) is 9.95. The molecule has 0 saturated heterocycles. The van der Waals surface area contributed by atoms with Crippen molar-refractivity contribution >= 4 is 5.97 Å². The molecule has 0 saturated carbocycles. The molecule has 2 N–H and O–H groups in total. The van der Waals surface area contributed by atoms with Gasteiger partial charge in [0.2, 0.25) is 0 Å². The van der Waals surface area contributed by atoms with Crippen molar-refractivity contribution in [2.45, 2.75) is 6.92 Å². The Hall–Kier alpha value is -2.43. The van der Waals surface area contributed by atoms with Crippen molar-refractivity contribution in [2.75, 3.05) is 0 Å². The van der Waals surface area contributed by atoms with Crippen molar-refractivity contribution in [3.8, 4) is 16.9 Å². The average Bonchev–Trinajstić information content (AvgIpc) is 2.40. The number of hydrogen-bond acceptors (Lipinski definition) is 2. The molecule has 0 aliphatic heterocycles. The summed E-state index contributed by atoms with van der Waals surface area (Å²) in [6.07, 6.45) is 0. The van der Waals surface area contributed by atoms with Gasteiger partial charge in [-0.1, -0.05) is 12.1 Å². The van der Waals surface area contributed by atoms with E-state index < -0.39 is 23.4 Å². The van der Waals surface area contributed by atoms with Crippen molar-refractivity contribution in [2.24, 2.45) is 0 Å². The van der Waals surface area contributed by atoms with Crippen LogP contribution >= 0.6 is 0 Å². The number of phenolic OH excluding ortho intramolecular Hbond substituents is 1. The zero-order chi connectivity index (χ0) is 14.2. The normalized spacial score (nSPS) is 10.5. The maximum atomic E-state index is 13.6. The summed E-state index contributed by atoms with van der Waals surface area (Å²) in [5, 5.41) is 18.0. The monoisotopic (exact) mass is 264 g/mol. The van der Waals surface area contributed by atoms with E-state index in [1.165, 1.54) is 25.1 Å². The molecule has 2 rings (SSSR count). The van der Waals surface area contributed by atoms with E-state index in [9.17, 15) is 13.6 Å². The van der Waals surface area contributed by atoms with Gasteiger partial charge in [-0.2, -0.15) is 0 Å². The Morgan fingerprint density at radius 3 is 2.53 bits per heavy atom. The van der Waals surface area contributed by atoms with Crippen LogP contribution in [0.1, 0.15) is 15.9 Å². The predicted octanol–water partition coefficient (Wildman–Crippen LogP) is 3.34. The first kappa shape index (κ1) is 13.0. The highest BCUT2D eigenvalue weighted by Crippen LogP contribution is 2.32. The molecule has 0 aromatic heterocycles. The smallest absolute Gasteiger partial charge is 0.335 e. The number of carbonyl (C=O) groups is 1. The molecule has 0 aliphatic rings. The van der Waals surface area contributed by atoms with Crippen molar-refractivity contribution in [1.82, 2.24) is 0 Å². The molecule has 98 valence electrons. The first-order valence-corrected chi connectivity index (χ1v) is 5.43.